The molecule has 1 atom stereocenters. The van der Waals surface area contributed by atoms with Gasteiger partial charge in [-0.3, -0.25) is 4.79 Å². The average molecular weight is 294 g/mol. The molecule has 0 aromatic carbocycles. The number of allylic oxidation sites excluding steroid dienone is 4. The van der Waals surface area contributed by atoms with Gasteiger partial charge in [-0.15, -0.1) is 0 Å². The Bertz CT molecular complexity index is 329. The summed E-state index contributed by atoms with van der Waals surface area (Å²) in [6.07, 6.45) is 19.7. The van der Waals surface area contributed by atoms with Crippen LogP contribution in [0.1, 0.15) is 64.7 Å². The van der Waals surface area contributed by atoms with Crippen LogP contribution in [0.3, 0.4) is 0 Å². The fourth-order valence-corrected chi connectivity index (χ4v) is 1.92. The number of rotatable bonds is 13. The van der Waals surface area contributed by atoms with Crippen molar-refractivity contribution in [1.29, 1.82) is 0 Å². The predicted octanol–water partition coefficient (Wildman–Crippen LogP) is 4.63. The van der Waals surface area contributed by atoms with E-state index in [1.807, 2.05) is 24.3 Å². The Labute approximate surface area is 129 Å². The van der Waals surface area contributed by atoms with E-state index in [9.17, 15) is 9.90 Å². The molecule has 0 aliphatic heterocycles. The first-order valence-electron chi connectivity index (χ1n) is 8.05. The van der Waals surface area contributed by atoms with Crippen LogP contribution in [0.15, 0.2) is 36.5 Å². The molecule has 0 saturated carbocycles. The second-order valence-corrected chi connectivity index (χ2v) is 5.20. The van der Waals surface area contributed by atoms with E-state index in [1.54, 1.807) is 0 Å². The fraction of sp³-hybridized carbons (Fsp3) is 0.611. The predicted molar refractivity (Wildman–Crippen MR) is 88.3 cm³/mol. The molecular formula is C18H30O3. The summed E-state index contributed by atoms with van der Waals surface area (Å²) in [6.45, 7) is 2.08. The van der Waals surface area contributed by atoms with Crippen molar-refractivity contribution in [3.8, 4) is 0 Å². The van der Waals surface area contributed by atoms with Gasteiger partial charge in [0.15, 0.2) is 0 Å². The highest BCUT2D eigenvalue weighted by Crippen LogP contribution is 2.07. The van der Waals surface area contributed by atoms with Crippen molar-refractivity contribution >= 4 is 5.97 Å². The summed E-state index contributed by atoms with van der Waals surface area (Å²) >= 11 is 0. The first-order chi connectivity index (χ1) is 10.2. The average Bonchev–Trinajstić information content (AvgIpc) is 2.44. The lowest BCUT2D eigenvalue weighted by Crippen LogP contribution is -1.98. The van der Waals surface area contributed by atoms with Crippen LogP contribution in [0.4, 0.5) is 0 Å². The summed E-state index contributed by atoms with van der Waals surface area (Å²) in [5.41, 5.74) is 0. The molecule has 0 spiro atoms. The summed E-state index contributed by atoms with van der Waals surface area (Å²) in [5, 5.41) is 18.1. The Balaban J connectivity index is 3.43. The molecule has 0 heterocycles. The van der Waals surface area contributed by atoms with Crippen LogP contribution in [0.5, 0.6) is 0 Å². The molecule has 0 saturated heterocycles. The monoisotopic (exact) mass is 294 g/mol. The van der Waals surface area contributed by atoms with E-state index in [-0.39, 0.29) is 0 Å². The Hall–Kier alpha value is -1.35. The molecule has 0 fully saturated rings. The van der Waals surface area contributed by atoms with Gasteiger partial charge in [0.05, 0.1) is 6.10 Å². The lowest BCUT2D eigenvalue weighted by molar-refractivity contribution is -0.137. The van der Waals surface area contributed by atoms with Gasteiger partial charge in [0.25, 0.3) is 0 Å². The number of aliphatic hydroxyl groups excluding tert-OH is 1. The van der Waals surface area contributed by atoms with Crippen LogP contribution in [0.2, 0.25) is 0 Å². The van der Waals surface area contributed by atoms with Gasteiger partial charge in [0.1, 0.15) is 0 Å². The minimum absolute atomic E-state index is 0.292. The van der Waals surface area contributed by atoms with E-state index < -0.39 is 12.1 Å². The summed E-state index contributed by atoms with van der Waals surface area (Å²) in [4.78, 5) is 10.3. The van der Waals surface area contributed by atoms with E-state index in [4.69, 9.17) is 5.11 Å². The van der Waals surface area contributed by atoms with E-state index in [1.165, 1.54) is 0 Å². The van der Waals surface area contributed by atoms with Crippen LogP contribution in [0, 0.1) is 0 Å². The third kappa shape index (κ3) is 16.6. The second kappa shape index (κ2) is 15.0. The molecule has 3 heteroatoms. The molecule has 0 amide bonds. The maximum absolute atomic E-state index is 10.3. The van der Waals surface area contributed by atoms with Crippen molar-refractivity contribution in [2.24, 2.45) is 0 Å². The smallest absolute Gasteiger partial charge is 0.303 e. The molecule has 0 bridgehead atoms. The maximum Gasteiger partial charge on any atom is 0.303 e. The number of aliphatic carboxylic acids is 1. The fourth-order valence-electron chi connectivity index (χ4n) is 1.92. The standard InChI is InChI=1S/C18H30O3/c1-2-3-11-14-17(19)15-12-9-7-5-4-6-8-10-13-16-18(20)21/h3,7,9,11-12,15,17,19H,2,4-6,8,10,13-14,16H2,1H3,(H,20,21)/b9-7-,11-3+,15-12+. The van der Waals surface area contributed by atoms with Crippen molar-refractivity contribution < 1.29 is 15.0 Å². The highest BCUT2D eigenvalue weighted by atomic mass is 16.4. The molecule has 0 aromatic heterocycles. The highest BCUT2D eigenvalue weighted by Gasteiger charge is 1.96. The number of aliphatic hydroxyl groups is 1. The SMILES string of the molecule is CC/C=C/CC(O)/C=C/C=C\CCCCCCCC(=O)O. The zero-order valence-corrected chi connectivity index (χ0v) is 13.2. The van der Waals surface area contributed by atoms with Gasteiger partial charge in [-0.05, 0) is 32.1 Å². The van der Waals surface area contributed by atoms with Crippen molar-refractivity contribution in [3.63, 3.8) is 0 Å². The van der Waals surface area contributed by atoms with Crippen molar-refractivity contribution in [2.45, 2.75) is 70.8 Å². The zero-order chi connectivity index (χ0) is 15.8. The lowest BCUT2D eigenvalue weighted by atomic mass is 10.1. The minimum Gasteiger partial charge on any atom is -0.481 e. The van der Waals surface area contributed by atoms with Gasteiger partial charge in [0.2, 0.25) is 0 Å². The molecule has 0 aliphatic carbocycles. The van der Waals surface area contributed by atoms with Crippen LogP contribution in [-0.2, 0) is 4.79 Å². The topological polar surface area (TPSA) is 57.5 Å². The van der Waals surface area contributed by atoms with Crippen LogP contribution in [-0.4, -0.2) is 22.3 Å². The van der Waals surface area contributed by atoms with Crippen molar-refractivity contribution in [1.82, 2.24) is 0 Å². The molecular weight excluding hydrogens is 264 g/mol. The molecule has 0 aliphatic rings. The summed E-state index contributed by atoms with van der Waals surface area (Å²) in [6, 6.07) is 0. The quantitative estimate of drug-likeness (QED) is 0.296. The van der Waals surface area contributed by atoms with E-state index in [0.717, 1.165) is 44.9 Å². The molecule has 3 nitrogen and oxygen atoms in total. The first-order valence-corrected chi connectivity index (χ1v) is 8.05. The van der Waals surface area contributed by atoms with Gasteiger partial charge >= 0.3 is 5.97 Å². The molecule has 21 heavy (non-hydrogen) atoms. The van der Waals surface area contributed by atoms with Gasteiger partial charge < -0.3 is 10.2 Å². The van der Waals surface area contributed by atoms with E-state index >= 15 is 0 Å². The highest BCUT2D eigenvalue weighted by molar-refractivity contribution is 5.66. The molecule has 0 radical (unpaired) electrons. The van der Waals surface area contributed by atoms with E-state index in [2.05, 4.69) is 19.1 Å². The van der Waals surface area contributed by atoms with Gasteiger partial charge in [-0.1, -0.05) is 62.6 Å². The van der Waals surface area contributed by atoms with Crippen LogP contribution in [0.25, 0.3) is 0 Å². The third-order valence-electron chi connectivity index (χ3n) is 3.12. The molecule has 120 valence electrons. The number of unbranched alkanes of at least 4 members (excludes halogenated alkanes) is 5. The maximum atomic E-state index is 10.3. The molecule has 2 N–H and O–H groups in total. The Kier molecular flexibility index (Phi) is 14.1. The number of carbonyl (C=O) groups is 1. The zero-order valence-electron chi connectivity index (χ0n) is 13.2. The summed E-state index contributed by atoms with van der Waals surface area (Å²) in [7, 11) is 0. The molecule has 1 unspecified atom stereocenters. The second-order valence-electron chi connectivity index (χ2n) is 5.20. The van der Waals surface area contributed by atoms with Gasteiger partial charge in [0, 0.05) is 6.42 Å². The molecule has 0 rings (SSSR count). The van der Waals surface area contributed by atoms with Gasteiger partial charge in [-0.25, -0.2) is 0 Å². The van der Waals surface area contributed by atoms with E-state index in [0.29, 0.717) is 12.8 Å². The number of hydrogen-bond acceptors (Lipinski definition) is 2. The van der Waals surface area contributed by atoms with Crippen LogP contribution < -0.4 is 0 Å². The lowest BCUT2D eigenvalue weighted by Gasteiger charge is -1.99. The van der Waals surface area contributed by atoms with Crippen molar-refractivity contribution in [2.75, 3.05) is 0 Å². The summed E-state index contributed by atoms with van der Waals surface area (Å²) < 4.78 is 0. The normalized spacial score (nSPS) is 13.6. The number of carboxylic acids is 1. The number of hydrogen-bond donors (Lipinski definition) is 2. The number of carboxylic acid groups (broad SMARTS) is 1. The van der Waals surface area contributed by atoms with Crippen LogP contribution >= 0.6 is 0 Å². The Morgan fingerprint density at radius 1 is 1.00 bits per heavy atom. The summed E-state index contributed by atoms with van der Waals surface area (Å²) in [5.74, 6) is -0.697. The third-order valence-corrected chi connectivity index (χ3v) is 3.12. The Morgan fingerprint density at radius 3 is 2.43 bits per heavy atom. The molecule has 0 aromatic rings. The Morgan fingerprint density at radius 2 is 1.71 bits per heavy atom. The largest absolute Gasteiger partial charge is 0.481 e. The first kappa shape index (κ1) is 19.7. The minimum atomic E-state index is -0.697. The van der Waals surface area contributed by atoms with Crippen molar-refractivity contribution in [3.05, 3.63) is 36.5 Å². The van der Waals surface area contributed by atoms with Gasteiger partial charge in [-0.2, -0.15) is 0 Å².